The van der Waals surface area contributed by atoms with Crippen molar-refractivity contribution in [3.63, 3.8) is 0 Å². The van der Waals surface area contributed by atoms with Gasteiger partial charge >= 0.3 is 0 Å². The van der Waals surface area contributed by atoms with Crippen LogP contribution >= 0.6 is 0 Å². The van der Waals surface area contributed by atoms with Crippen LogP contribution in [0.2, 0.25) is 0 Å². The Labute approximate surface area is 151 Å². The van der Waals surface area contributed by atoms with Gasteiger partial charge in [-0.25, -0.2) is 0 Å². The molecule has 0 saturated heterocycles. The number of aliphatic imine (C=N–C) groups is 2. The van der Waals surface area contributed by atoms with Gasteiger partial charge in [0.25, 0.3) is 0 Å². The zero-order valence-electron chi connectivity index (χ0n) is 15.2. The third-order valence-corrected chi connectivity index (χ3v) is 4.25. The predicted octanol–water partition coefficient (Wildman–Crippen LogP) is 1.04. The molecular formula is C17H34N6O2. The van der Waals surface area contributed by atoms with Crippen LogP contribution in [0.5, 0.6) is 0 Å². The van der Waals surface area contributed by atoms with Crippen LogP contribution in [0.3, 0.4) is 0 Å². The number of rotatable bonds is 8. The van der Waals surface area contributed by atoms with Crippen molar-refractivity contribution in [3.8, 4) is 0 Å². The monoisotopic (exact) mass is 354 g/mol. The Hall–Kier alpha value is -1.54. The maximum Gasteiger partial charge on any atom is 0.133 e. The SMILES string of the molecule is C.CC(C)(N=NC(C)(C)C1=NCCN1CCO)C1=NCCN1CCO. The molecular weight excluding hydrogens is 320 g/mol. The molecule has 0 spiro atoms. The third kappa shape index (κ3) is 4.98. The van der Waals surface area contributed by atoms with Crippen LogP contribution in [0.1, 0.15) is 35.1 Å². The first-order valence-corrected chi connectivity index (χ1v) is 8.57. The second-order valence-corrected chi connectivity index (χ2v) is 7.15. The minimum atomic E-state index is -0.552. The zero-order chi connectivity index (χ0) is 17.8. The molecule has 2 rings (SSSR count). The molecule has 0 amide bonds. The van der Waals surface area contributed by atoms with E-state index in [2.05, 4.69) is 30.0 Å². The molecule has 2 N–H and O–H groups in total. The fourth-order valence-electron chi connectivity index (χ4n) is 3.14. The molecule has 2 aliphatic rings. The highest BCUT2D eigenvalue weighted by molar-refractivity contribution is 5.93. The minimum Gasteiger partial charge on any atom is -0.395 e. The number of amidine groups is 2. The lowest BCUT2D eigenvalue weighted by Gasteiger charge is -2.31. The van der Waals surface area contributed by atoms with Crippen molar-refractivity contribution in [3.05, 3.63) is 0 Å². The van der Waals surface area contributed by atoms with Crippen molar-refractivity contribution < 1.29 is 10.2 Å². The summed E-state index contributed by atoms with van der Waals surface area (Å²) in [6.07, 6.45) is 0. The number of aliphatic hydroxyl groups excluding tert-OH is 2. The van der Waals surface area contributed by atoms with Crippen LogP contribution in [0, 0.1) is 0 Å². The lowest BCUT2D eigenvalue weighted by molar-refractivity contribution is 0.250. The number of azo groups is 1. The molecule has 8 heteroatoms. The van der Waals surface area contributed by atoms with E-state index < -0.39 is 11.1 Å². The van der Waals surface area contributed by atoms with Gasteiger partial charge in [-0.05, 0) is 27.7 Å². The predicted molar refractivity (Wildman–Crippen MR) is 102 cm³/mol. The summed E-state index contributed by atoms with van der Waals surface area (Å²) in [7, 11) is 0. The van der Waals surface area contributed by atoms with E-state index in [1.165, 1.54) is 0 Å². The Morgan fingerprint density at radius 2 is 1.20 bits per heavy atom. The first-order chi connectivity index (χ1) is 11.3. The second-order valence-electron chi connectivity index (χ2n) is 7.15. The molecule has 0 radical (unpaired) electrons. The van der Waals surface area contributed by atoms with Crippen molar-refractivity contribution in [2.24, 2.45) is 20.2 Å². The average Bonchev–Trinajstić information content (AvgIpc) is 3.16. The van der Waals surface area contributed by atoms with Crippen molar-refractivity contribution in [1.29, 1.82) is 0 Å². The summed E-state index contributed by atoms with van der Waals surface area (Å²) in [5.74, 6) is 1.74. The number of β-amino-alcohol motifs (C(OH)–C–C–N with tert-alkyl or cyclic N) is 2. The maximum atomic E-state index is 9.20. The lowest BCUT2D eigenvalue weighted by atomic mass is 10.0. The maximum absolute atomic E-state index is 9.20. The molecule has 0 aliphatic carbocycles. The van der Waals surface area contributed by atoms with Gasteiger partial charge in [0.1, 0.15) is 22.7 Å². The summed E-state index contributed by atoms with van der Waals surface area (Å²) in [6.45, 7) is 12.4. The summed E-state index contributed by atoms with van der Waals surface area (Å²) in [4.78, 5) is 13.2. The van der Waals surface area contributed by atoms with E-state index in [9.17, 15) is 10.2 Å². The van der Waals surface area contributed by atoms with Gasteiger partial charge in [-0.1, -0.05) is 7.43 Å². The quantitative estimate of drug-likeness (QED) is 0.637. The van der Waals surface area contributed by atoms with Gasteiger partial charge in [0.2, 0.25) is 0 Å². The number of aliphatic hydroxyl groups is 2. The molecule has 0 bridgehead atoms. The summed E-state index contributed by atoms with van der Waals surface area (Å²) in [6, 6.07) is 0. The highest BCUT2D eigenvalue weighted by Crippen LogP contribution is 2.24. The topological polar surface area (TPSA) is 96.4 Å². The first-order valence-electron chi connectivity index (χ1n) is 8.57. The van der Waals surface area contributed by atoms with Crippen LogP contribution in [-0.2, 0) is 0 Å². The van der Waals surface area contributed by atoms with Crippen LogP contribution in [0.4, 0.5) is 0 Å². The van der Waals surface area contributed by atoms with E-state index in [1.807, 2.05) is 27.7 Å². The van der Waals surface area contributed by atoms with E-state index >= 15 is 0 Å². The van der Waals surface area contributed by atoms with Gasteiger partial charge in [0.15, 0.2) is 0 Å². The first kappa shape index (κ1) is 21.5. The Morgan fingerprint density at radius 3 is 1.52 bits per heavy atom. The average molecular weight is 354 g/mol. The summed E-state index contributed by atoms with van der Waals surface area (Å²) in [5.41, 5.74) is -1.10. The Morgan fingerprint density at radius 1 is 0.840 bits per heavy atom. The number of nitrogens with zero attached hydrogens (tertiary/aromatic N) is 6. The van der Waals surface area contributed by atoms with Gasteiger partial charge in [-0.15, -0.1) is 0 Å². The molecule has 0 saturated carbocycles. The lowest BCUT2D eigenvalue weighted by Crippen LogP contribution is -2.45. The van der Waals surface area contributed by atoms with Gasteiger partial charge in [-0.2, -0.15) is 10.2 Å². The van der Waals surface area contributed by atoms with E-state index in [4.69, 9.17) is 0 Å². The fraction of sp³-hybridized carbons (Fsp3) is 0.882. The summed E-state index contributed by atoms with van der Waals surface area (Å²) >= 11 is 0. The van der Waals surface area contributed by atoms with E-state index in [0.29, 0.717) is 13.1 Å². The fourth-order valence-corrected chi connectivity index (χ4v) is 3.14. The Bertz CT molecular complexity index is 481. The molecule has 8 nitrogen and oxygen atoms in total. The van der Waals surface area contributed by atoms with Crippen molar-refractivity contribution in [2.45, 2.75) is 46.2 Å². The minimum absolute atomic E-state index is 0. The molecule has 144 valence electrons. The van der Waals surface area contributed by atoms with Crippen LogP contribution < -0.4 is 0 Å². The number of hydrogen-bond acceptors (Lipinski definition) is 8. The van der Waals surface area contributed by atoms with Gasteiger partial charge < -0.3 is 20.0 Å². The van der Waals surface area contributed by atoms with Crippen molar-refractivity contribution >= 4 is 11.7 Å². The van der Waals surface area contributed by atoms with Crippen molar-refractivity contribution in [2.75, 3.05) is 52.5 Å². The Balaban J connectivity index is 0.00000312. The Kier molecular flexibility index (Phi) is 7.49. The molecule has 0 fully saturated rings. The van der Waals surface area contributed by atoms with Gasteiger partial charge in [0.05, 0.1) is 26.3 Å². The highest BCUT2D eigenvalue weighted by Gasteiger charge is 2.36. The van der Waals surface area contributed by atoms with Gasteiger partial charge in [0, 0.05) is 26.2 Å². The smallest absolute Gasteiger partial charge is 0.133 e. The van der Waals surface area contributed by atoms with E-state index in [1.54, 1.807) is 0 Å². The third-order valence-electron chi connectivity index (χ3n) is 4.25. The second kappa shape index (κ2) is 8.71. The van der Waals surface area contributed by atoms with E-state index in [0.717, 1.165) is 37.9 Å². The molecule has 2 heterocycles. The van der Waals surface area contributed by atoms with Crippen LogP contribution in [0.25, 0.3) is 0 Å². The number of hydrogen-bond donors (Lipinski definition) is 2. The molecule has 25 heavy (non-hydrogen) atoms. The summed E-state index contributed by atoms with van der Waals surface area (Å²) < 4.78 is 0. The van der Waals surface area contributed by atoms with Gasteiger partial charge in [-0.3, -0.25) is 9.98 Å². The molecule has 2 aliphatic heterocycles. The normalized spacial score (nSPS) is 18.6. The highest BCUT2D eigenvalue weighted by atomic mass is 16.3. The summed E-state index contributed by atoms with van der Waals surface area (Å²) in [5, 5.41) is 27.6. The molecule has 0 atom stereocenters. The van der Waals surface area contributed by atoms with Crippen LogP contribution in [-0.4, -0.2) is 95.2 Å². The molecule has 0 aromatic rings. The largest absolute Gasteiger partial charge is 0.395 e. The van der Waals surface area contributed by atoms with Crippen LogP contribution in [0.15, 0.2) is 20.2 Å². The standard InChI is InChI=1S/C16H30N6O2.CH4/c1-15(2,13-17-5-7-21(13)9-11-23)19-20-16(3,4)14-18-6-8-22(14)10-12-24;/h23-24H,5-12H2,1-4H3;1H4. The molecule has 0 aromatic carbocycles. The van der Waals surface area contributed by atoms with E-state index in [-0.39, 0.29) is 20.6 Å². The van der Waals surface area contributed by atoms with Crippen molar-refractivity contribution in [1.82, 2.24) is 9.80 Å². The molecule has 0 unspecified atom stereocenters. The molecule has 0 aromatic heterocycles. The zero-order valence-corrected chi connectivity index (χ0v) is 15.2.